The number of carbonyl (C=O) groups is 1. The Balaban J connectivity index is 1.89. The summed E-state index contributed by atoms with van der Waals surface area (Å²) in [5.41, 5.74) is 2.26. The molecule has 1 aliphatic rings. The third kappa shape index (κ3) is 3.99. The average molecular weight is 275 g/mol. The van der Waals surface area contributed by atoms with Gasteiger partial charge in [-0.1, -0.05) is 31.5 Å². The highest BCUT2D eigenvalue weighted by Crippen LogP contribution is 2.21. The van der Waals surface area contributed by atoms with Gasteiger partial charge in [0.2, 0.25) is 0 Å². The van der Waals surface area contributed by atoms with Crippen molar-refractivity contribution in [2.45, 2.75) is 64.5 Å². The van der Waals surface area contributed by atoms with E-state index in [0.29, 0.717) is 0 Å². The van der Waals surface area contributed by atoms with Gasteiger partial charge in [0.25, 0.3) is 0 Å². The van der Waals surface area contributed by atoms with Crippen LogP contribution in [0, 0.1) is 0 Å². The van der Waals surface area contributed by atoms with Crippen molar-refractivity contribution in [2.75, 3.05) is 5.32 Å². The van der Waals surface area contributed by atoms with Crippen molar-refractivity contribution in [3.8, 4) is 0 Å². The van der Waals surface area contributed by atoms with Crippen LogP contribution in [0.4, 0.5) is 5.69 Å². The standard InChI is InChI=1S/C17H25NO2/c1-3-14-9-7-8-12-16(14)18-13(2)17(19)20-15-10-5-4-6-11-15/h7-9,12-13,15,18H,3-6,10-11H2,1-2H3. The van der Waals surface area contributed by atoms with Crippen molar-refractivity contribution in [2.24, 2.45) is 0 Å². The quantitative estimate of drug-likeness (QED) is 0.828. The van der Waals surface area contributed by atoms with Crippen LogP contribution in [0.15, 0.2) is 24.3 Å². The van der Waals surface area contributed by atoms with E-state index in [-0.39, 0.29) is 18.1 Å². The van der Waals surface area contributed by atoms with E-state index in [1.165, 1.54) is 24.8 Å². The van der Waals surface area contributed by atoms with Crippen molar-refractivity contribution in [3.05, 3.63) is 29.8 Å². The number of anilines is 1. The first-order valence-corrected chi connectivity index (χ1v) is 7.75. The first kappa shape index (κ1) is 14.9. The van der Waals surface area contributed by atoms with Crippen molar-refractivity contribution >= 4 is 11.7 Å². The molecular formula is C17H25NO2. The monoisotopic (exact) mass is 275 g/mol. The highest BCUT2D eigenvalue weighted by molar-refractivity contribution is 5.79. The Bertz CT molecular complexity index is 438. The Labute approximate surface area is 121 Å². The Morgan fingerprint density at radius 2 is 2.00 bits per heavy atom. The highest BCUT2D eigenvalue weighted by Gasteiger charge is 2.21. The van der Waals surface area contributed by atoms with E-state index in [4.69, 9.17) is 4.74 Å². The number of nitrogens with one attached hydrogen (secondary N) is 1. The number of hydrogen-bond donors (Lipinski definition) is 1. The number of aryl methyl sites for hydroxylation is 1. The van der Waals surface area contributed by atoms with Crippen LogP contribution in [0.3, 0.4) is 0 Å². The summed E-state index contributed by atoms with van der Waals surface area (Å²) in [4.78, 5) is 12.1. The molecule has 1 atom stereocenters. The first-order chi connectivity index (χ1) is 9.70. The molecule has 0 spiro atoms. The second kappa shape index (κ2) is 7.32. The average Bonchev–Trinajstić information content (AvgIpc) is 2.48. The van der Waals surface area contributed by atoms with Crippen LogP contribution in [0.25, 0.3) is 0 Å². The molecule has 3 heteroatoms. The number of ether oxygens (including phenoxy) is 1. The van der Waals surface area contributed by atoms with Crippen LogP contribution < -0.4 is 5.32 Å². The maximum atomic E-state index is 12.1. The number of esters is 1. The number of benzene rings is 1. The van der Waals surface area contributed by atoms with Crippen molar-refractivity contribution < 1.29 is 9.53 Å². The molecule has 0 aliphatic heterocycles. The molecule has 0 radical (unpaired) electrons. The minimum atomic E-state index is -0.301. The zero-order valence-electron chi connectivity index (χ0n) is 12.5. The lowest BCUT2D eigenvalue weighted by molar-refractivity contribution is -0.151. The maximum Gasteiger partial charge on any atom is 0.328 e. The summed E-state index contributed by atoms with van der Waals surface area (Å²) in [6.07, 6.45) is 6.74. The molecule has 1 saturated carbocycles. The largest absolute Gasteiger partial charge is 0.461 e. The van der Waals surface area contributed by atoms with Crippen molar-refractivity contribution in [1.82, 2.24) is 0 Å². The van der Waals surface area contributed by atoms with Crippen LogP contribution in [-0.2, 0) is 16.0 Å². The fraction of sp³-hybridized carbons (Fsp3) is 0.588. The van der Waals surface area contributed by atoms with Crippen LogP contribution in [0.1, 0.15) is 51.5 Å². The fourth-order valence-corrected chi connectivity index (χ4v) is 2.71. The van der Waals surface area contributed by atoms with E-state index >= 15 is 0 Å². The summed E-state index contributed by atoms with van der Waals surface area (Å²) in [6.45, 7) is 3.99. The predicted octanol–water partition coefficient (Wildman–Crippen LogP) is 3.93. The van der Waals surface area contributed by atoms with E-state index in [1.807, 2.05) is 25.1 Å². The smallest absolute Gasteiger partial charge is 0.328 e. The van der Waals surface area contributed by atoms with E-state index in [2.05, 4.69) is 18.3 Å². The van der Waals surface area contributed by atoms with Crippen LogP contribution in [0.5, 0.6) is 0 Å². The van der Waals surface area contributed by atoms with Crippen molar-refractivity contribution in [1.29, 1.82) is 0 Å². The SMILES string of the molecule is CCc1ccccc1NC(C)C(=O)OC1CCCCC1. The van der Waals surface area contributed by atoms with Crippen LogP contribution >= 0.6 is 0 Å². The summed E-state index contributed by atoms with van der Waals surface area (Å²) in [5.74, 6) is -0.136. The van der Waals surface area contributed by atoms with Gasteiger partial charge in [-0.25, -0.2) is 4.79 Å². The lowest BCUT2D eigenvalue weighted by atomic mass is 9.98. The molecule has 1 aromatic rings. The Hall–Kier alpha value is -1.51. The predicted molar refractivity (Wildman–Crippen MR) is 81.9 cm³/mol. The molecule has 0 amide bonds. The molecular weight excluding hydrogens is 250 g/mol. The first-order valence-electron chi connectivity index (χ1n) is 7.75. The van der Waals surface area contributed by atoms with Gasteiger partial charge in [-0.05, 0) is 50.7 Å². The third-order valence-electron chi connectivity index (χ3n) is 3.96. The maximum absolute atomic E-state index is 12.1. The number of hydrogen-bond acceptors (Lipinski definition) is 3. The third-order valence-corrected chi connectivity index (χ3v) is 3.96. The molecule has 2 rings (SSSR count). The van der Waals surface area contributed by atoms with Gasteiger partial charge in [0.1, 0.15) is 12.1 Å². The molecule has 3 nitrogen and oxygen atoms in total. The molecule has 110 valence electrons. The zero-order valence-corrected chi connectivity index (χ0v) is 12.5. The van der Waals surface area contributed by atoms with Gasteiger partial charge in [-0.2, -0.15) is 0 Å². The Morgan fingerprint density at radius 1 is 1.30 bits per heavy atom. The van der Waals surface area contributed by atoms with Crippen LogP contribution in [0.2, 0.25) is 0 Å². The van der Waals surface area contributed by atoms with Crippen LogP contribution in [-0.4, -0.2) is 18.1 Å². The molecule has 0 bridgehead atoms. The normalized spacial score (nSPS) is 17.5. The van der Waals surface area contributed by atoms with E-state index in [1.54, 1.807) is 0 Å². The van der Waals surface area contributed by atoms with Gasteiger partial charge in [0, 0.05) is 5.69 Å². The topological polar surface area (TPSA) is 38.3 Å². The molecule has 1 fully saturated rings. The molecule has 1 unspecified atom stereocenters. The van der Waals surface area contributed by atoms with E-state index in [0.717, 1.165) is 24.9 Å². The molecule has 0 saturated heterocycles. The van der Waals surface area contributed by atoms with E-state index < -0.39 is 0 Å². The van der Waals surface area contributed by atoms with Gasteiger partial charge in [0.05, 0.1) is 0 Å². The van der Waals surface area contributed by atoms with Crippen molar-refractivity contribution in [3.63, 3.8) is 0 Å². The molecule has 20 heavy (non-hydrogen) atoms. The summed E-state index contributed by atoms with van der Waals surface area (Å²) < 4.78 is 5.60. The lowest BCUT2D eigenvalue weighted by Gasteiger charge is -2.24. The van der Waals surface area contributed by atoms with E-state index in [9.17, 15) is 4.79 Å². The summed E-state index contributed by atoms with van der Waals surface area (Å²) in [6, 6.07) is 7.81. The lowest BCUT2D eigenvalue weighted by Crippen LogP contribution is -2.32. The Kier molecular flexibility index (Phi) is 5.45. The van der Waals surface area contributed by atoms with Gasteiger partial charge in [-0.3, -0.25) is 0 Å². The number of rotatable bonds is 5. The minimum Gasteiger partial charge on any atom is -0.461 e. The number of carbonyl (C=O) groups excluding carboxylic acids is 1. The second-order valence-electron chi connectivity index (χ2n) is 5.57. The minimum absolute atomic E-state index is 0.127. The van der Waals surface area contributed by atoms with Gasteiger partial charge >= 0.3 is 5.97 Å². The molecule has 0 heterocycles. The summed E-state index contributed by atoms with van der Waals surface area (Å²) >= 11 is 0. The number of para-hydroxylation sites is 1. The molecule has 1 aliphatic carbocycles. The second-order valence-corrected chi connectivity index (χ2v) is 5.57. The van der Waals surface area contributed by atoms with Gasteiger partial charge in [-0.15, -0.1) is 0 Å². The molecule has 1 aromatic carbocycles. The van der Waals surface area contributed by atoms with Gasteiger partial charge in [0.15, 0.2) is 0 Å². The fourth-order valence-electron chi connectivity index (χ4n) is 2.71. The Morgan fingerprint density at radius 3 is 2.70 bits per heavy atom. The highest BCUT2D eigenvalue weighted by atomic mass is 16.5. The molecule has 1 N–H and O–H groups in total. The summed E-state index contributed by atoms with van der Waals surface area (Å²) in [5, 5.41) is 3.28. The zero-order chi connectivity index (χ0) is 14.4. The molecule has 0 aromatic heterocycles. The summed E-state index contributed by atoms with van der Waals surface area (Å²) in [7, 11) is 0. The van der Waals surface area contributed by atoms with Gasteiger partial charge < -0.3 is 10.1 Å².